The topological polar surface area (TPSA) is 71.9 Å². The second-order valence-corrected chi connectivity index (χ2v) is 7.32. The first-order chi connectivity index (χ1) is 14.1. The molecular formula is C21H23ClN4O2S. The number of aromatic nitrogens is 3. The van der Waals surface area contributed by atoms with E-state index >= 15 is 0 Å². The van der Waals surface area contributed by atoms with Gasteiger partial charge in [-0.3, -0.25) is 14.5 Å². The molecule has 0 aliphatic carbocycles. The normalized spacial score (nSPS) is 10.8. The van der Waals surface area contributed by atoms with Crippen LogP contribution in [-0.2, 0) is 22.5 Å². The highest BCUT2D eigenvalue weighted by molar-refractivity contribution is 7.71. The van der Waals surface area contributed by atoms with Crippen molar-refractivity contribution in [2.75, 3.05) is 19.8 Å². The van der Waals surface area contributed by atoms with Crippen molar-refractivity contribution in [2.24, 2.45) is 0 Å². The molecule has 152 valence electrons. The molecule has 1 amide bonds. The van der Waals surface area contributed by atoms with Crippen molar-refractivity contribution in [1.29, 1.82) is 0 Å². The van der Waals surface area contributed by atoms with E-state index < -0.39 is 0 Å². The summed E-state index contributed by atoms with van der Waals surface area (Å²) in [6.45, 7) is 1.93. The number of nitrogens with zero attached hydrogens (tertiary/aromatic N) is 2. The van der Waals surface area contributed by atoms with Crippen LogP contribution < -0.4 is 5.32 Å². The van der Waals surface area contributed by atoms with E-state index in [1.165, 1.54) is 5.56 Å². The molecule has 0 spiro atoms. The third-order valence-electron chi connectivity index (χ3n) is 4.33. The van der Waals surface area contributed by atoms with E-state index in [4.69, 9.17) is 28.6 Å². The summed E-state index contributed by atoms with van der Waals surface area (Å²) in [4.78, 5) is 12.3. The molecule has 3 aromatic rings. The van der Waals surface area contributed by atoms with Gasteiger partial charge in [-0.25, -0.2) is 0 Å². The maximum Gasteiger partial charge on any atom is 0.240 e. The zero-order valence-corrected chi connectivity index (χ0v) is 17.5. The number of halogens is 1. The Labute approximate surface area is 179 Å². The monoisotopic (exact) mass is 430 g/mol. The molecule has 6 nitrogen and oxygen atoms in total. The zero-order chi connectivity index (χ0) is 20.5. The van der Waals surface area contributed by atoms with Crippen molar-refractivity contribution >= 4 is 29.7 Å². The number of rotatable bonds is 10. The average Bonchev–Trinajstić information content (AvgIpc) is 3.09. The molecule has 8 heteroatoms. The van der Waals surface area contributed by atoms with Crippen LogP contribution in [0.25, 0.3) is 11.4 Å². The van der Waals surface area contributed by atoms with Crippen LogP contribution in [0.2, 0.25) is 5.02 Å². The van der Waals surface area contributed by atoms with Crippen molar-refractivity contribution in [1.82, 2.24) is 20.1 Å². The molecule has 0 saturated heterocycles. The molecule has 0 saturated carbocycles. The van der Waals surface area contributed by atoms with Crippen molar-refractivity contribution < 1.29 is 9.53 Å². The molecule has 0 bridgehead atoms. The summed E-state index contributed by atoms with van der Waals surface area (Å²) < 4.78 is 7.70. The Morgan fingerprint density at radius 3 is 2.66 bits per heavy atom. The van der Waals surface area contributed by atoms with Gasteiger partial charge < -0.3 is 10.1 Å². The number of nitrogens with one attached hydrogen (secondary N) is 2. The molecule has 2 aromatic carbocycles. The van der Waals surface area contributed by atoms with Crippen LogP contribution in [0.3, 0.4) is 0 Å². The van der Waals surface area contributed by atoms with Crippen molar-refractivity contribution in [3.05, 3.63) is 70.0 Å². The third-order valence-corrected chi connectivity index (χ3v) is 4.89. The van der Waals surface area contributed by atoms with E-state index in [-0.39, 0.29) is 12.5 Å². The lowest BCUT2D eigenvalue weighted by Gasteiger charge is -2.09. The van der Waals surface area contributed by atoms with Crippen LogP contribution in [-0.4, -0.2) is 40.4 Å². The summed E-state index contributed by atoms with van der Waals surface area (Å²) in [7, 11) is 0. The Morgan fingerprint density at radius 1 is 1.14 bits per heavy atom. The van der Waals surface area contributed by atoms with Gasteiger partial charge in [0.2, 0.25) is 5.91 Å². The number of aromatic amines is 1. The molecular weight excluding hydrogens is 408 g/mol. The lowest BCUT2D eigenvalue weighted by molar-refractivity contribution is -0.121. The minimum absolute atomic E-state index is 0.0994. The summed E-state index contributed by atoms with van der Waals surface area (Å²) in [5.41, 5.74) is 2.09. The van der Waals surface area contributed by atoms with Crippen LogP contribution in [0.15, 0.2) is 54.6 Å². The van der Waals surface area contributed by atoms with Crippen LogP contribution in [0.5, 0.6) is 0 Å². The van der Waals surface area contributed by atoms with Gasteiger partial charge in [0.1, 0.15) is 6.54 Å². The predicted molar refractivity (Wildman–Crippen MR) is 116 cm³/mol. The second kappa shape index (κ2) is 10.9. The smallest absolute Gasteiger partial charge is 0.240 e. The van der Waals surface area contributed by atoms with Crippen LogP contribution >= 0.6 is 23.8 Å². The van der Waals surface area contributed by atoms with Gasteiger partial charge in [0, 0.05) is 23.7 Å². The molecule has 0 atom stereocenters. The Morgan fingerprint density at radius 2 is 1.90 bits per heavy atom. The van der Waals surface area contributed by atoms with Crippen LogP contribution in [0, 0.1) is 4.77 Å². The largest absolute Gasteiger partial charge is 0.381 e. The molecule has 0 fully saturated rings. The molecule has 1 heterocycles. The molecule has 2 N–H and O–H groups in total. The maximum absolute atomic E-state index is 12.3. The van der Waals surface area contributed by atoms with E-state index in [0.717, 1.165) is 18.4 Å². The Kier molecular flexibility index (Phi) is 7.98. The predicted octanol–water partition coefficient (Wildman–Crippen LogP) is 4.03. The maximum atomic E-state index is 12.3. The van der Waals surface area contributed by atoms with Gasteiger partial charge in [-0.05, 0) is 54.9 Å². The van der Waals surface area contributed by atoms with Gasteiger partial charge in [0.25, 0.3) is 0 Å². The summed E-state index contributed by atoms with van der Waals surface area (Å²) >= 11 is 11.2. The fraction of sp³-hybridized carbons (Fsp3) is 0.286. The highest BCUT2D eigenvalue weighted by atomic mass is 35.5. The second-order valence-electron chi connectivity index (χ2n) is 6.50. The molecule has 0 radical (unpaired) electrons. The number of hydrogen-bond donors (Lipinski definition) is 2. The molecule has 1 aromatic heterocycles. The average molecular weight is 431 g/mol. The molecule has 3 rings (SSSR count). The quantitative estimate of drug-likeness (QED) is 0.376. The number of ether oxygens (including phenoxy) is 1. The number of carbonyl (C=O) groups excluding carboxylic acids is 1. The van der Waals surface area contributed by atoms with Gasteiger partial charge in [-0.15, -0.1) is 0 Å². The standard InChI is InChI=1S/C21H23ClN4O2S/c22-18-9-7-17(8-10-18)20-24-25-21(29)26(20)15-19(27)23-12-4-13-28-14-11-16-5-2-1-3-6-16/h1-3,5-10H,4,11-15H2,(H,23,27)(H,25,29). The highest BCUT2D eigenvalue weighted by Crippen LogP contribution is 2.19. The first kappa shape index (κ1) is 21.2. The number of carbonyl (C=O) groups is 1. The lowest BCUT2D eigenvalue weighted by Crippen LogP contribution is -2.29. The molecule has 0 aliphatic rings. The van der Waals surface area contributed by atoms with Crippen molar-refractivity contribution in [2.45, 2.75) is 19.4 Å². The summed E-state index contributed by atoms with van der Waals surface area (Å²) in [5.74, 6) is 0.480. The first-order valence-electron chi connectivity index (χ1n) is 9.43. The minimum atomic E-state index is -0.123. The number of benzene rings is 2. The van der Waals surface area contributed by atoms with E-state index in [9.17, 15) is 4.79 Å². The number of H-pyrrole nitrogens is 1. The fourth-order valence-electron chi connectivity index (χ4n) is 2.82. The van der Waals surface area contributed by atoms with E-state index in [2.05, 4.69) is 27.6 Å². The summed E-state index contributed by atoms with van der Waals surface area (Å²) in [6, 6.07) is 17.5. The Bertz CT molecular complexity index is 970. The van der Waals surface area contributed by atoms with Gasteiger partial charge in [0.15, 0.2) is 10.6 Å². The summed E-state index contributed by atoms with van der Waals surface area (Å²) in [6.07, 6.45) is 1.64. The van der Waals surface area contributed by atoms with E-state index in [0.29, 0.717) is 35.4 Å². The van der Waals surface area contributed by atoms with Crippen molar-refractivity contribution in [3.8, 4) is 11.4 Å². The third kappa shape index (κ3) is 6.52. The minimum Gasteiger partial charge on any atom is -0.381 e. The molecule has 29 heavy (non-hydrogen) atoms. The van der Waals surface area contributed by atoms with Crippen molar-refractivity contribution in [3.63, 3.8) is 0 Å². The summed E-state index contributed by atoms with van der Waals surface area (Å²) in [5, 5.41) is 10.5. The first-order valence-corrected chi connectivity index (χ1v) is 10.2. The SMILES string of the molecule is O=C(Cn1c(-c2ccc(Cl)cc2)n[nH]c1=S)NCCCOCCc1ccccc1. The van der Waals surface area contributed by atoms with E-state index in [1.54, 1.807) is 16.7 Å². The number of amides is 1. The van der Waals surface area contributed by atoms with Crippen LogP contribution in [0.4, 0.5) is 0 Å². The Balaban J connectivity index is 1.39. The van der Waals surface area contributed by atoms with Gasteiger partial charge >= 0.3 is 0 Å². The zero-order valence-electron chi connectivity index (χ0n) is 15.9. The van der Waals surface area contributed by atoms with Gasteiger partial charge in [-0.1, -0.05) is 41.9 Å². The fourth-order valence-corrected chi connectivity index (χ4v) is 3.14. The number of hydrogen-bond acceptors (Lipinski definition) is 4. The molecule has 0 aliphatic heterocycles. The van der Waals surface area contributed by atoms with Gasteiger partial charge in [0.05, 0.1) is 6.61 Å². The lowest BCUT2D eigenvalue weighted by atomic mass is 10.2. The van der Waals surface area contributed by atoms with Crippen LogP contribution in [0.1, 0.15) is 12.0 Å². The van der Waals surface area contributed by atoms with Gasteiger partial charge in [-0.2, -0.15) is 5.10 Å². The Hall–Kier alpha value is -2.48. The highest BCUT2D eigenvalue weighted by Gasteiger charge is 2.12. The molecule has 0 unspecified atom stereocenters. The van der Waals surface area contributed by atoms with E-state index in [1.807, 2.05) is 30.3 Å².